The number of benzene rings is 1. The van der Waals surface area contributed by atoms with Crippen LogP contribution in [0.1, 0.15) is 12.8 Å². The zero-order valence-corrected chi connectivity index (χ0v) is 11.2. The summed E-state index contributed by atoms with van der Waals surface area (Å²) in [5, 5.41) is 5.18. The van der Waals surface area contributed by atoms with Gasteiger partial charge in [-0.1, -0.05) is 15.9 Å². The van der Waals surface area contributed by atoms with Gasteiger partial charge in [0, 0.05) is 11.0 Å². The third-order valence-electron chi connectivity index (χ3n) is 2.72. The van der Waals surface area contributed by atoms with Crippen molar-refractivity contribution in [3.8, 4) is 0 Å². The molecule has 2 N–H and O–H groups in total. The molecular weight excluding hydrogens is 306 g/mol. The number of carbonyl (C=O) groups excluding carboxylic acids is 1. The minimum absolute atomic E-state index is 0.137. The number of carbonyl (C=O) groups is 1. The molecular formula is C12H13BrF2N2O. The van der Waals surface area contributed by atoms with Gasteiger partial charge in [0.1, 0.15) is 17.3 Å². The van der Waals surface area contributed by atoms with E-state index in [1.807, 2.05) is 0 Å². The quantitative estimate of drug-likeness (QED) is 0.876. The van der Waals surface area contributed by atoms with Crippen LogP contribution in [-0.2, 0) is 4.79 Å². The standard InChI is InChI=1S/C12H13BrF2N2O/c13-8-3-9(14)12(10(15)4-8)17-6-11(18)16-5-7-1-2-7/h3-4,7,17H,1-2,5-6H2,(H,16,18). The van der Waals surface area contributed by atoms with Gasteiger partial charge in [0.05, 0.1) is 6.54 Å². The van der Waals surface area contributed by atoms with Crippen LogP contribution in [0.5, 0.6) is 0 Å². The molecule has 0 bridgehead atoms. The van der Waals surface area contributed by atoms with Gasteiger partial charge in [0.15, 0.2) is 0 Å². The molecule has 1 aromatic rings. The Morgan fingerprint density at radius 3 is 2.50 bits per heavy atom. The summed E-state index contributed by atoms with van der Waals surface area (Å²) in [6.07, 6.45) is 2.29. The van der Waals surface area contributed by atoms with Crippen LogP contribution in [0.2, 0.25) is 0 Å². The summed E-state index contributed by atoms with van der Waals surface area (Å²) in [4.78, 5) is 11.4. The Hall–Kier alpha value is -1.17. The van der Waals surface area contributed by atoms with Crippen molar-refractivity contribution in [3.05, 3.63) is 28.2 Å². The predicted octanol–water partition coefficient (Wildman–Crippen LogP) is 2.67. The number of rotatable bonds is 5. The molecule has 0 unspecified atom stereocenters. The Morgan fingerprint density at radius 2 is 1.94 bits per heavy atom. The SMILES string of the molecule is O=C(CNc1c(F)cc(Br)cc1F)NCC1CC1. The van der Waals surface area contributed by atoms with Crippen molar-refractivity contribution < 1.29 is 13.6 Å². The predicted molar refractivity (Wildman–Crippen MR) is 68.3 cm³/mol. The Kier molecular flexibility index (Phi) is 4.16. The van der Waals surface area contributed by atoms with Crippen molar-refractivity contribution in [2.75, 3.05) is 18.4 Å². The lowest BCUT2D eigenvalue weighted by Gasteiger charge is -2.09. The lowest BCUT2D eigenvalue weighted by molar-refractivity contribution is -0.119. The number of nitrogens with one attached hydrogen (secondary N) is 2. The van der Waals surface area contributed by atoms with Crippen LogP contribution >= 0.6 is 15.9 Å². The molecule has 1 amide bonds. The van der Waals surface area contributed by atoms with E-state index in [0.717, 1.165) is 25.0 Å². The number of amides is 1. The maximum Gasteiger partial charge on any atom is 0.239 e. The van der Waals surface area contributed by atoms with Crippen LogP contribution in [0, 0.1) is 17.6 Å². The molecule has 0 aromatic heterocycles. The zero-order chi connectivity index (χ0) is 13.1. The smallest absolute Gasteiger partial charge is 0.239 e. The second kappa shape index (κ2) is 5.65. The largest absolute Gasteiger partial charge is 0.371 e. The summed E-state index contributed by atoms with van der Waals surface area (Å²) in [5.74, 6) is -1.13. The fourth-order valence-corrected chi connectivity index (χ4v) is 1.92. The van der Waals surface area contributed by atoms with Gasteiger partial charge in [-0.25, -0.2) is 8.78 Å². The van der Waals surface area contributed by atoms with Crippen LogP contribution in [-0.4, -0.2) is 19.0 Å². The maximum absolute atomic E-state index is 13.4. The Balaban J connectivity index is 1.86. The van der Waals surface area contributed by atoms with Gasteiger partial charge in [-0.15, -0.1) is 0 Å². The van der Waals surface area contributed by atoms with E-state index < -0.39 is 11.6 Å². The first-order valence-electron chi connectivity index (χ1n) is 5.71. The van der Waals surface area contributed by atoms with Gasteiger partial charge in [0.2, 0.25) is 5.91 Å². The molecule has 1 aliphatic rings. The topological polar surface area (TPSA) is 41.1 Å². The number of hydrogen-bond donors (Lipinski definition) is 2. The summed E-state index contributed by atoms with van der Waals surface area (Å²) in [5.41, 5.74) is -0.278. The lowest BCUT2D eigenvalue weighted by Crippen LogP contribution is -2.31. The van der Waals surface area contributed by atoms with Crippen molar-refractivity contribution in [1.82, 2.24) is 5.32 Å². The van der Waals surface area contributed by atoms with Gasteiger partial charge >= 0.3 is 0 Å². The third-order valence-corrected chi connectivity index (χ3v) is 3.18. The number of anilines is 1. The average molecular weight is 319 g/mol. The second-order valence-corrected chi connectivity index (χ2v) is 5.26. The van der Waals surface area contributed by atoms with Crippen molar-refractivity contribution in [2.45, 2.75) is 12.8 Å². The van der Waals surface area contributed by atoms with E-state index in [9.17, 15) is 13.6 Å². The first kappa shape index (κ1) is 13.3. The average Bonchev–Trinajstić information content (AvgIpc) is 3.08. The summed E-state index contributed by atoms with van der Waals surface area (Å²) in [6, 6.07) is 2.29. The first-order valence-corrected chi connectivity index (χ1v) is 6.50. The van der Waals surface area contributed by atoms with Crippen molar-refractivity contribution in [1.29, 1.82) is 0 Å². The van der Waals surface area contributed by atoms with Crippen molar-refractivity contribution in [3.63, 3.8) is 0 Å². The molecule has 1 aromatic carbocycles. The van der Waals surface area contributed by atoms with Crippen LogP contribution < -0.4 is 10.6 Å². The van der Waals surface area contributed by atoms with Gasteiger partial charge in [-0.05, 0) is 30.9 Å². The zero-order valence-electron chi connectivity index (χ0n) is 9.60. The summed E-state index contributed by atoms with van der Waals surface area (Å²) < 4.78 is 27.2. The highest BCUT2D eigenvalue weighted by molar-refractivity contribution is 9.10. The highest BCUT2D eigenvalue weighted by Gasteiger charge is 2.21. The van der Waals surface area contributed by atoms with Gasteiger partial charge in [0.25, 0.3) is 0 Å². The van der Waals surface area contributed by atoms with E-state index in [-0.39, 0.29) is 18.1 Å². The normalized spacial score (nSPS) is 14.4. The molecule has 0 atom stereocenters. The summed E-state index contributed by atoms with van der Waals surface area (Å²) >= 11 is 2.99. The Bertz CT molecular complexity index is 440. The van der Waals surface area contributed by atoms with E-state index in [4.69, 9.17) is 0 Å². The van der Waals surface area contributed by atoms with Crippen LogP contribution in [0.25, 0.3) is 0 Å². The molecule has 0 aliphatic heterocycles. The third kappa shape index (κ3) is 3.66. The first-order chi connectivity index (χ1) is 8.56. The monoisotopic (exact) mass is 318 g/mol. The second-order valence-electron chi connectivity index (χ2n) is 4.35. The minimum atomic E-state index is -0.725. The Labute approximate surface area is 112 Å². The van der Waals surface area contributed by atoms with Gasteiger partial charge in [-0.3, -0.25) is 4.79 Å². The van der Waals surface area contributed by atoms with Crippen molar-refractivity contribution in [2.24, 2.45) is 5.92 Å². The molecule has 98 valence electrons. The fraction of sp³-hybridized carbons (Fsp3) is 0.417. The molecule has 0 saturated heterocycles. The molecule has 18 heavy (non-hydrogen) atoms. The lowest BCUT2D eigenvalue weighted by atomic mass is 10.3. The molecule has 1 fully saturated rings. The van der Waals surface area contributed by atoms with E-state index in [2.05, 4.69) is 26.6 Å². The summed E-state index contributed by atoms with van der Waals surface area (Å²) in [6.45, 7) is 0.508. The number of halogens is 3. The van der Waals surface area contributed by atoms with E-state index in [1.54, 1.807) is 0 Å². The van der Waals surface area contributed by atoms with E-state index >= 15 is 0 Å². The molecule has 1 saturated carbocycles. The van der Waals surface area contributed by atoms with E-state index in [1.165, 1.54) is 0 Å². The molecule has 6 heteroatoms. The van der Waals surface area contributed by atoms with Gasteiger partial charge < -0.3 is 10.6 Å². The summed E-state index contributed by atoms with van der Waals surface area (Å²) in [7, 11) is 0. The minimum Gasteiger partial charge on any atom is -0.371 e. The van der Waals surface area contributed by atoms with Crippen LogP contribution in [0.3, 0.4) is 0 Å². The Morgan fingerprint density at radius 1 is 1.33 bits per heavy atom. The fourth-order valence-electron chi connectivity index (χ4n) is 1.52. The van der Waals surface area contributed by atoms with Crippen LogP contribution in [0.15, 0.2) is 16.6 Å². The van der Waals surface area contributed by atoms with Crippen LogP contribution in [0.4, 0.5) is 14.5 Å². The molecule has 0 radical (unpaired) electrons. The molecule has 2 rings (SSSR count). The van der Waals surface area contributed by atoms with Crippen molar-refractivity contribution >= 4 is 27.5 Å². The molecule has 3 nitrogen and oxygen atoms in total. The molecule has 0 heterocycles. The van der Waals surface area contributed by atoms with E-state index in [0.29, 0.717) is 16.9 Å². The highest BCUT2D eigenvalue weighted by atomic mass is 79.9. The molecule has 0 spiro atoms. The van der Waals surface area contributed by atoms with Gasteiger partial charge in [-0.2, -0.15) is 0 Å². The highest BCUT2D eigenvalue weighted by Crippen LogP contribution is 2.27. The molecule has 1 aliphatic carbocycles. The number of hydrogen-bond acceptors (Lipinski definition) is 2. The maximum atomic E-state index is 13.4.